The van der Waals surface area contributed by atoms with Gasteiger partial charge in [-0.2, -0.15) is 0 Å². The summed E-state index contributed by atoms with van der Waals surface area (Å²) >= 11 is 0. The molecule has 0 aliphatic carbocycles. The molecule has 0 saturated carbocycles. The third-order valence-electron chi connectivity index (χ3n) is 2.20. The first-order valence-corrected chi connectivity index (χ1v) is 4.87. The summed E-state index contributed by atoms with van der Waals surface area (Å²) in [6.07, 6.45) is 4.90. The Labute approximate surface area is 84.2 Å². The number of hydrogen-bond donors (Lipinski definition) is 0. The van der Waals surface area contributed by atoms with Gasteiger partial charge >= 0.3 is 0 Å². The van der Waals surface area contributed by atoms with E-state index in [2.05, 4.69) is 12.1 Å². The summed E-state index contributed by atoms with van der Waals surface area (Å²) in [6, 6.07) is 10.2. The molecule has 1 atom stereocenters. The number of hydrogen-bond acceptors (Lipinski definition) is 2. The highest BCUT2D eigenvalue weighted by Crippen LogP contribution is 2.10. The molecule has 2 heteroatoms. The molecular formula is C12H14O2. The minimum absolute atomic E-state index is 0.209. The maximum atomic E-state index is 5.69. The van der Waals surface area contributed by atoms with E-state index in [0.29, 0.717) is 13.2 Å². The lowest BCUT2D eigenvalue weighted by Crippen LogP contribution is -2.20. The molecule has 0 unspecified atom stereocenters. The van der Waals surface area contributed by atoms with Crippen LogP contribution in [0.2, 0.25) is 0 Å². The lowest BCUT2D eigenvalue weighted by molar-refractivity contribution is -0.00796. The Hall–Kier alpha value is -1.28. The molecule has 0 saturated heterocycles. The van der Waals surface area contributed by atoms with Crippen LogP contribution in [0.1, 0.15) is 12.0 Å². The fraction of sp³-hybridized carbons (Fsp3) is 0.333. The van der Waals surface area contributed by atoms with Crippen LogP contribution in [-0.2, 0) is 16.1 Å². The maximum absolute atomic E-state index is 5.69. The fourth-order valence-corrected chi connectivity index (χ4v) is 1.41. The molecule has 2 rings (SSSR count). The molecule has 0 fully saturated rings. The van der Waals surface area contributed by atoms with E-state index >= 15 is 0 Å². The van der Waals surface area contributed by atoms with E-state index in [1.54, 1.807) is 6.26 Å². The van der Waals surface area contributed by atoms with E-state index in [1.807, 2.05) is 24.3 Å². The van der Waals surface area contributed by atoms with Crippen LogP contribution in [0.5, 0.6) is 0 Å². The predicted molar refractivity (Wildman–Crippen MR) is 54.7 cm³/mol. The Morgan fingerprint density at radius 1 is 1.29 bits per heavy atom. The maximum Gasteiger partial charge on any atom is 0.114 e. The third-order valence-corrected chi connectivity index (χ3v) is 2.20. The van der Waals surface area contributed by atoms with Crippen molar-refractivity contribution in [3.63, 3.8) is 0 Å². The third kappa shape index (κ3) is 2.60. The summed E-state index contributed by atoms with van der Waals surface area (Å²) in [5, 5.41) is 0. The molecule has 0 N–H and O–H groups in total. The van der Waals surface area contributed by atoms with Gasteiger partial charge in [0.2, 0.25) is 0 Å². The molecule has 74 valence electrons. The molecule has 1 heterocycles. The highest BCUT2D eigenvalue weighted by atomic mass is 16.5. The summed E-state index contributed by atoms with van der Waals surface area (Å²) in [5.74, 6) is 0. The molecule has 0 amide bonds. The lowest BCUT2D eigenvalue weighted by Gasteiger charge is -2.18. The van der Waals surface area contributed by atoms with Crippen molar-refractivity contribution < 1.29 is 9.47 Å². The van der Waals surface area contributed by atoms with Gasteiger partial charge in [-0.15, -0.1) is 0 Å². The second-order valence-corrected chi connectivity index (χ2v) is 3.36. The highest BCUT2D eigenvalue weighted by molar-refractivity contribution is 5.13. The topological polar surface area (TPSA) is 18.5 Å². The predicted octanol–water partition coefficient (Wildman–Crippen LogP) is 2.51. The zero-order valence-electron chi connectivity index (χ0n) is 8.06. The molecule has 0 bridgehead atoms. The van der Waals surface area contributed by atoms with Crippen LogP contribution in [0.4, 0.5) is 0 Å². The first-order chi connectivity index (χ1) is 6.95. The quantitative estimate of drug-likeness (QED) is 0.729. The number of benzene rings is 1. The standard InChI is InChI=1S/C12H14O2/c1-2-5-11(6-3-1)9-14-12-7-4-8-13-10-12/h1-6,8,12H,7,9-10H2/t12-/m0/s1. The van der Waals surface area contributed by atoms with Gasteiger partial charge in [-0.05, 0) is 18.1 Å². The SMILES string of the molecule is C1=COC[C@@H](OCc2ccccc2)C1. The lowest BCUT2D eigenvalue weighted by atomic mass is 10.2. The van der Waals surface area contributed by atoms with Gasteiger partial charge in [0.15, 0.2) is 0 Å². The van der Waals surface area contributed by atoms with E-state index in [-0.39, 0.29) is 6.10 Å². The molecule has 14 heavy (non-hydrogen) atoms. The van der Waals surface area contributed by atoms with Crippen LogP contribution in [-0.4, -0.2) is 12.7 Å². The largest absolute Gasteiger partial charge is 0.499 e. The monoisotopic (exact) mass is 190 g/mol. The Bertz CT molecular complexity index is 292. The molecule has 1 aliphatic rings. The second kappa shape index (κ2) is 4.82. The van der Waals surface area contributed by atoms with Gasteiger partial charge in [0.05, 0.1) is 19.0 Å². The Kier molecular flexibility index (Phi) is 3.19. The first-order valence-electron chi connectivity index (χ1n) is 4.87. The molecular weight excluding hydrogens is 176 g/mol. The van der Waals surface area contributed by atoms with Crippen LogP contribution < -0.4 is 0 Å². The van der Waals surface area contributed by atoms with Crippen molar-refractivity contribution >= 4 is 0 Å². The average Bonchev–Trinajstić information content (AvgIpc) is 2.29. The van der Waals surface area contributed by atoms with Gasteiger partial charge in [-0.3, -0.25) is 0 Å². The Morgan fingerprint density at radius 3 is 2.86 bits per heavy atom. The van der Waals surface area contributed by atoms with E-state index in [0.717, 1.165) is 6.42 Å². The summed E-state index contributed by atoms with van der Waals surface area (Å²) in [6.45, 7) is 1.34. The molecule has 1 aliphatic heterocycles. The van der Waals surface area contributed by atoms with Crippen LogP contribution in [0.3, 0.4) is 0 Å². The second-order valence-electron chi connectivity index (χ2n) is 3.36. The fourth-order valence-electron chi connectivity index (χ4n) is 1.41. The van der Waals surface area contributed by atoms with Crippen molar-refractivity contribution in [2.75, 3.05) is 6.61 Å². The van der Waals surface area contributed by atoms with Gasteiger partial charge in [0.1, 0.15) is 6.61 Å². The van der Waals surface area contributed by atoms with Crippen molar-refractivity contribution in [1.82, 2.24) is 0 Å². The Morgan fingerprint density at radius 2 is 2.14 bits per heavy atom. The van der Waals surface area contributed by atoms with Gasteiger partial charge in [0, 0.05) is 0 Å². The highest BCUT2D eigenvalue weighted by Gasteiger charge is 2.10. The zero-order chi connectivity index (χ0) is 9.64. The van der Waals surface area contributed by atoms with Crippen molar-refractivity contribution in [3.8, 4) is 0 Å². The summed E-state index contributed by atoms with van der Waals surface area (Å²) < 4.78 is 10.9. The zero-order valence-corrected chi connectivity index (χ0v) is 8.06. The van der Waals surface area contributed by atoms with Gasteiger partial charge < -0.3 is 9.47 Å². The first kappa shape index (κ1) is 9.28. The molecule has 0 radical (unpaired) electrons. The molecule has 1 aromatic carbocycles. The summed E-state index contributed by atoms with van der Waals surface area (Å²) in [5.41, 5.74) is 1.21. The van der Waals surface area contributed by atoms with Crippen molar-refractivity contribution in [1.29, 1.82) is 0 Å². The van der Waals surface area contributed by atoms with Gasteiger partial charge in [0.25, 0.3) is 0 Å². The Balaban J connectivity index is 1.80. The van der Waals surface area contributed by atoms with E-state index < -0.39 is 0 Å². The van der Waals surface area contributed by atoms with E-state index in [4.69, 9.17) is 9.47 Å². The normalized spacial score (nSPS) is 20.4. The molecule has 0 aromatic heterocycles. The van der Waals surface area contributed by atoms with E-state index in [9.17, 15) is 0 Å². The minimum atomic E-state index is 0.209. The molecule has 2 nitrogen and oxygen atoms in total. The number of ether oxygens (including phenoxy) is 2. The number of rotatable bonds is 3. The van der Waals surface area contributed by atoms with Crippen LogP contribution in [0.15, 0.2) is 42.7 Å². The van der Waals surface area contributed by atoms with Crippen molar-refractivity contribution in [2.45, 2.75) is 19.1 Å². The summed E-state index contributed by atoms with van der Waals surface area (Å²) in [7, 11) is 0. The average molecular weight is 190 g/mol. The summed E-state index contributed by atoms with van der Waals surface area (Å²) in [4.78, 5) is 0. The van der Waals surface area contributed by atoms with E-state index in [1.165, 1.54) is 5.56 Å². The van der Waals surface area contributed by atoms with Crippen LogP contribution in [0.25, 0.3) is 0 Å². The smallest absolute Gasteiger partial charge is 0.114 e. The van der Waals surface area contributed by atoms with Crippen molar-refractivity contribution in [2.24, 2.45) is 0 Å². The van der Waals surface area contributed by atoms with Gasteiger partial charge in [-0.25, -0.2) is 0 Å². The minimum Gasteiger partial charge on any atom is -0.499 e. The molecule has 0 spiro atoms. The van der Waals surface area contributed by atoms with Crippen molar-refractivity contribution in [3.05, 3.63) is 48.2 Å². The van der Waals surface area contributed by atoms with Gasteiger partial charge in [-0.1, -0.05) is 30.3 Å². The van der Waals surface area contributed by atoms with Crippen LogP contribution >= 0.6 is 0 Å². The van der Waals surface area contributed by atoms with Crippen LogP contribution in [0, 0.1) is 0 Å². The molecule has 1 aromatic rings.